The summed E-state index contributed by atoms with van der Waals surface area (Å²) < 4.78 is 0. The van der Waals surface area contributed by atoms with Crippen molar-refractivity contribution in [3.63, 3.8) is 0 Å². The van der Waals surface area contributed by atoms with Gasteiger partial charge in [-0.3, -0.25) is 9.69 Å². The fraction of sp³-hybridized carbons (Fsp3) is 0.278. The Balaban J connectivity index is 1.58. The number of carbonyl (C=O) groups excluding carboxylic acids is 1. The molecule has 1 aliphatic rings. The summed E-state index contributed by atoms with van der Waals surface area (Å²) in [5.74, 6) is 0.0120. The van der Waals surface area contributed by atoms with Crippen LogP contribution in [0.5, 0.6) is 0 Å². The van der Waals surface area contributed by atoms with Crippen molar-refractivity contribution in [2.45, 2.75) is 6.54 Å². The molecule has 2 aromatic rings. The molecule has 1 saturated heterocycles. The van der Waals surface area contributed by atoms with Crippen LogP contribution in [0.4, 0.5) is 0 Å². The summed E-state index contributed by atoms with van der Waals surface area (Å²) in [6, 6.07) is 15.1. The van der Waals surface area contributed by atoms with E-state index in [0.29, 0.717) is 23.7 Å². The van der Waals surface area contributed by atoms with Crippen LogP contribution in [0, 0.1) is 0 Å². The van der Waals surface area contributed by atoms with Crippen molar-refractivity contribution < 1.29 is 4.79 Å². The van der Waals surface area contributed by atoms with Gasteiger partial charge >= 0.3 is 0 Å². The fourth-order valence-electron chi connectivity index (χ4n) is 2.81. The van der Waals surface area contributed by atoms with Gasteiger partial charge in [0.25, 0.3) is 5.91 Å². The van der Waals surface area contributed by atoms with E-state index in [-0.39, 0.29) is 5.91 Å². The van der Waals surface area contributed by atoms with E-state index in [9.17, 15) is 4.79 Å². The minimum absolute atomic E-state index is 0.0120. The molecule has 0 atom stereocenters. The number of piperazine rings is 1. The second-order valence-electron chi connectivity index (χ2n) is 5.68. The summed E-state index contributed by atoms with van der Waals surface area (Å²) >= 11 is 12.1. The molecule has 1 heterocycles. The molecule has 1 aliphatic heterocycles. The minimum atomic E-state index is 0.0120. The third-order valence-corrected chi connectivity index (χ3v) is 4.62. The second kappa shape index (κ2) is 7.35. The van der Waals surface area contributed by atoms with Gasteiger partial charge in [-0.25, -0.2) is 0 Å². The maximum Gasteiger partial charge on any atom is 0.255 e. The summed E-state index contributed by atoms with van der Waals surface area (Å²) in [6.45, 7) is 3.98. The van der Waals surface area contributed by atoms with E-state index in [1.807, 2.05) is 35.2 Å². The van der Waals surface area contributed by atoms with E-state index < -0.39 is 0 Å². The molecule has 120 valence electrons. The Morgan fingerprint density at radius 3 is 2.39 bits per heavy atom. The molecule has 0 unspecified atom stereocenters. The van der Waals surface area contributed by atoms with Gasteiger partial charge in [-0.1, -0.05) is 47.5 Å². The molecule has 1 fully saturated rings. The van der Waals surface area contributed by atoms with Crippen molar-refractivity contribution >= 4 is 29.1 Å². The van der Waals surface area contributed by atoms with Gasteiger partial charge in [-0.15, -0.1) is 0 Å². The molecule has 0 aromatic heterocycles. The normalized spacial score (nSPS) is 15.7. The number of hydrogen-bond donors (Lipinski definition) is 0. The van der Waals surface area contributed by atoms with E-state index in [0.717, 1.165) is 24.7 Å². The molecule has 0 radical (unpaired) electrons. The summed E-state index contributed by atoms with van der Waals surface area (Å²) in [5, 5.41) is 1.27. The minimum Gasteiger partial charge on any atom is -0.336 e. The lowest BCUT2D eigenvalue weighted by Crippen LogP contribution is -2.48. The van der Waals surface area contributed by atoms with Crippen molar-refractivity contribution in [1.82, 2.24) is 9.80 Å². The average Bonchev–Trinajstić information content (AvgIpc) is 2.55. The first-order valence-corrected chi connectivity index (χ1v) is 8.40. The number of halogens is 2. The molecule has 5 heteroatoms. The van der Waals surface area contributed by atoms with Crippen LogP contribution < -0.4 is 0 Å². The van der Waals surface area contributed by atoms with Crippen molar-refractivity contribution in [2.75, 3.05) is 26.2 Å². The molecule has 1 amide bonds. The summed E-state index contributed by atoms with van der Waals surface area (Å²) in [4.78, 5) is 16.7. The Morgan fingerprint density at radius 2 is 1.70 bits per heavy atom. The van der Waals surface area contributed by atoms with Crippen molar-refractivity contribution in [3.05, 3.63) is 69.7 Å². The van der Waals surface area contributed by atoms with Crippen molar-refractivity contribution in [2.24, 2.45) is 0 Å². The Kier molecular flexibility index (Phi) is 5.21. The summed E-state index contributed by atoms with van der Waals surface area (Å²) in [6.07, 6.45) is 0. The van der Waals surface area contributed by atoms with Crippen LogP contribution in [0.15, 0.2) is 48.5 Å². The molecular weight excluding hydrogens is 331 g/mol. The summed E-state index contributed by atoms with van der Waals surface area (Å²) in [7, 11) is 0. The number of rotatable bonds is 3. The SMILES string of the molecule is O=C(c1ccccc1Cl)N1CCN(Cc2cccc(Cl)c2)CC1. The molecule has 0 bridgehead atoms. The first kappa shape index (κ1) is 16.3. The predicted molar refractivity (Wildman–Crippen MR) is 94.1 cm³/mol. The van der Waals surface area contributed by atoms with Gasteiger partial charge < -0.3 is 4.90 Å². The van der Waals surface area contributed by atoms with Crippen LogP contribution >= 0.6 is 23.2 Å². The van der Waals surface area contributed by atoms with E-state index in [2.05, 4.69) is 11.0 Å². The first-order chi connectivity index (χ1) is 11.1. The molecule has 0 spiro atoms. The predicted octanol–water partition coefficient (Wildman–Crippen LogP) is 3.95. The van der Waals surface area contributed by atoms with Crippen LogP contribution in [0.3, 0.4) is 0 Å². The third kappa shape index (κ3) is 4.05. The average molecular weight is 349 g/mol. The maximum absolute atomic E-state index is 12.5. The zero-order chi connectivity index (χ0) is 16.2. The molecule has 23 heavy (non-hydrogen) atoms. The molecule has 2 aromatic carbocycles. The standard InChI is InChI=1S/C18H18Cl2N2O/c19-15-5-3-4-14(12-15)13-21-8-10-22(11-9-21)18(23)16-6-1-2-7-17(16)20/h1-7,12H,8-11,13H2. The molecule has 0 saturated carbocycles. The monoisotopic (exact) mass is 348 g/mol. The number of nitrogens with zero attached hydrogens (tertiary/aromatic N) is 2. The summed E-state index contributed by atoms with van der Waals surface area (Å²) in [5.41, 5.74) is 1.78. The zero-order valence-electron chi connectivity index (χ0n) is 12.7. The highest BCUT2D eigenvalue weighted by Gasteiger charge is 2.23. The molecule has 3 nitrogen and oxygen atoms in total. The highest BCUT2D eigenvalue weighted by Crippen LogP contribution is 2.19. The van der Waals surface area contributed by atoms with Gasteiger partial charge in [0.2, 0.25) is 0 Å². The van der Waals surface area contributed by atoms with Crippen LogP contribution in [0.2, 0.25) is 10.0 Å². The lowest BCUT2D eigenvalue weighted by molar-refractivity contribution is 0.0628. The zero-order valence-corrected chi connectivity index (χ0v) is 14.2. The van der Waals surface area contributed by atoms with Crippen LogP contribution in [-0.2, 0) is 6.54 Å². The Bertz CT molecular complexity index is 697. The van der Waals surface area contributed by atoms with Crippen molar-refractivity contribution in [1.29, 1.82) is 0 Å². The Morgan fingerprint density at radius 1 is 0.957 bits per heavy atom. The quantitative estimate of drug-likeness (QED) is 0.838. The van der Waals surface area contributed by atoms with Crippen LogP contribution in [0.25, 0.3) is 0 Å². The smallest absolute Gasteiger partial charge is 0.255 e. The van der Waals surface area contributed by atoms with Gasteiger partial charge in [0.1, 0.15) is 0 Å². The fourth-order valence-corrected chi connectivity index (χ4v) is 3.24. The van der Waals surface area contributed by atoms with Gasteiger partial charge in [0.05, 0.1) is 10.6 Å². The largest absolute Gasteiger partial charge is 0.336 e. The number of carbonyl (C=O) groups is 1. The lowest BCUT2D eigenvalue weighted by atomic mass is 10.1. The molecular formula is C18H18Cl2N2O. The van der Waals surface area contributed by atoms with Gasteiger partial charge in [0, 0.05) is 37.7 Å². The van der Waals surface area contributed by atoms with Crippen LogP contribution in [0.1, 0.15) is 15.9 Å². The maximum atomic E-state index is 12.5. The van der Waals surface area contributed by atoms with E-state index in [4.69, 9.17) is 23.2 Å². The van der Waals surface area contributed by atoms with Gasteiger partial charge in [-0.05, 0) is 29.8 Å². The number of benzene rings is 2. The Hall–Kier alpha value is -1.55. The molecule has 0 aliphatic carbocycles. The van der Waals surface area contributed by atoms with Crippen LogP contribution in [-0.4, -0.2) is 41.9 Å². The second-order valence-corrected chi connectivity index (χ2v) is 6.52. The highest BCUT2D eigenvalue weighted by atomic mass is 35.5. The number of amides is 1. The topological polar surface area (TPSA) is 23.6 Å². The van der Waals surface area contributed by atoms with E-state index in [1.165, 1.54) is 5.56 Å². The van der Waals surface area contributed by atoms with Crippen molar-refractivity contribution in [3.8, 4) is 0 Å². The van der Waals surface area contributed by atoms with E-state index >= 15 is 0 Å². The Labute approximate surface area is 146 Å². The highest BCUT2D eigenvalue weighted by molar-refractivity contribution is 6.33. The first-order valence-electron chi connectivity index (χ1n) is 7.64. The van der Waals surface area contributed by atoms with E-state index in [1.54, 1.807) is 12.1 Å². The lowest BCUT2D eigenvalue weighted by Gasteiger charge is -2.35. The van der Waals surface area contributed by atoms with Gasteiger partial charge in [0.15, 0.2) is 0 Å². The molecule has 0 N–H and O–H groups in total. The number of hydrogen-bond acceptors (Lipinski definition) is 2. The third-order valence-electron chi connectivity index (χ3n) is 4.06. The molecule has 3 rings (SSSR count). The van der Waals surface area contributed by atoms with Gasteiger partial charge in [-0.2, -0.15) is 0 Å².